The van der Waals surface area contributed by atoms with Gasteiger partial charge in [0.25, 0.3) is 0 Å². The summed E-state index contributed by atoms with van der Waals surface area (Å²) in [5.41, 5.74) is 0.972. The van der Waals surface area contributed by atoms with Crippen LogP contribution in [-0.2, 0) is 11.2 Å². The van der Waals surface area contributed by atoms with Crippen LogP contribution in [0.1, 0.15) is 12.5 Å². The number of halogens is 1. The molecule has 0 aliphatic rings. The van der Waals surface area contributed by atoms with Crippen LogP contribution in [0.4, 0.5) is 0 Å². The summed E-state index contributed by atoms with van der Waals surface area (Å²) < 4.78 is 5.17. The number of hydrogen-bond donors (Lipinski definition) is 0. The van der Waals surface area contributed by atoms with Crippen LogP contribution in [0.2, 0.25) is 5.02 Å². The SMILES string of the molecule is COc1ccc(Cl)cc1CC(C)C=O. The maximum absolute atomic E-state index is 10.5. The molecular formula is C11H13ClO2. The summed E-state index contributed by atoms with van der Waals surface area (Å²) in [4.78, 5) is 10.5. The minimum Gasteiger partial charge on any atom is -0.496 e. The number of hydrogen-bond acceptors (Lipinski definition) is 2. The molecule has 0 spiro atoms. The Labute approximate surface area is 88.8 Å². The topological polar surface area (TPSA) is 26.3 Å². The third kappa shape index (κ3) is 2.74. The molecule has 14 heavy (non-hydrogen) atoms. The second-order valence-corrected chi connectivity index (χ2v) is 3.71. The zero-order valence-corrected chi connectivity index (χ0v) is 9.04. The van der Waals surface area contributed by atoms with Crippen LogP contribution in [0.3, 0.4) is 0 Å². The third-order valence-corrected chi connectivity index (χ3v) is 2.25. The Morgan fingerprint density at radius 3 is 2.86 bits per heavy atom. The van der Waals surface area contributed by atoms with Crippen LogP contribution in [-0.4, -0.2) is 13.4 Å². The first-order valence-corrected chi connectivity index (χ1v) is 4.83. The van der Waals surface area contributed by atoms with Crippen LogP contribution in [0, 0.1) is 5.92 Å². The monoisotopic (exact) mass is 212 g/mol. The molecule has 0 saturated carbocycles. The first kappa shape index (κ1) is 11.1. The Hall–Kier alpha value is -1.02. The van der Waals surface area contributed by atoms with Gasteiger partial charge in [-0.1, -0.05) is 18.5 Å². The quantitative estimate of drug-likeness (QED) is 0.718. The highest BCUT2D eigenvalue weighted by molar-refractivity contribution is 6.30. The van der Waals surface area contributed by atoms with Crippen molar-refractivity contribution in [3.05, 3.63) is 28.8 Å². The summed E-state index contributed by atoms with van der Waals surface area (Å²) >= 11 is 5.86. The van der Waals surface area contributed by atoms with Gasteiger partial charge in [0.15, 0.2) is 0 Å². The fourth-order valence-electron chi connectivity index (χ4n) is 1.30. The number of ether oxygens (including phenoxy) is 1. The van der Waals surface area contributed by atoms with Gasteiger partial charge < -0.3 is 9.53 Å². The molecule has 0 bridgehead atoms. The van der Waals surface area contributed by atoms with Crippen LogP contribution >= 0.6 is 11.6 Å². The second-order valence-electron chi connectivity index (χ2n) is 3.27. The molecule has 0 N–H and O–H groups in total. The van der Waals surface area contributed by atoms with Crippen molar-refractivity contribution in [2.75, 3.05) is 7.11 Å². The van der Waals surface area contributed by atoms with E-state index < -0.39 is 0 Å². The van der Waals surface area contributed by atoms with Gasteiger partial charge in [-0.2, -0.15) is 0 Å². The Morgan fingerprint density at radius 2 is 2.29 bits per heavy atom. The van der Waals surface area contributed by atoms with Gasteiger partial charge in [0, 0.05) is 10.9 Å². The first-order chi connectivity index (χ1) is 6.67. The fraction of sp³-hybridized carbons (Fsp3) is 0.364. The molecule has 0 aromatic heterocycles. The number of rotatable bonds is 4. The predicted octanol–water partition coefficient (Wildman–Crippen LogP) is 2.73. The molecular weight excluding hydrogens is 200 g/mol. The molecule has 0 aliphatic heterocycles. The molecule has 1 aromatic rings. The maximum atomic E-state index is 10.5. The summed E-state index contributed by atoms with van der Waals surface area (Å²) in [7, 11) is 1.61. The van der Waals surface area contributed by atoms with Crippen molar-refractivity contribution in [3.8, 4) is 5.75 Å². The van der Waals surface area contributed by atoms with Crippen molar-refractivity contribution in [2.24, 2.45) is 5.92 Å². The lowest BCUT2D eigenvalue weighted by Crippen LogP contribution is -2.02. The van der Waals surface area contributed by atoms with Crippen LogP contribution in [0.5, 0.6) is 5.75 Å². The Kier molecular flexibility index (Phi) is 3.96. The highest BCUT2D eigenvalue weighted by Crippen LogP contribution is 2.24. The van der Waals surface area contributed by atoms with E-state index in [-0.39, 0.29) is 5.92 Å². The molecule has 1 aromatic carbocycles. The minimum absolute atomic E-state index is 0.0117. The number of methoxy groups -OCH3 is 1. The van der Waals surface area contributed by atoms with Gasteiger partial charge in [-0.15, -0.1) is 0 Å². The van der Waals surface area contributed by atoms with Crippen molar-refractivity contribution in [1.29, 1.82) is 0 Å². The molecule has 1 unspecified atom stereocenters. The third-order valence-electron chi connectivity index (χ3n) is 2.02. The average molecular weight is 213 g/mol. The van der Waals surface area contributed by atoms with Gasteiger partial charge in [0.05, 0.1) is 7.11 Å². The van der Waals surface area contributed by atoms with Gasteiger partial charge in [0.1, 0.15) is 12.0 Å². The maximum Gasteiger partial charge on any atom is 0.123 e. The highest BCUT2D eigenvalue weighted by atomic mass is 35.5. The Morgan fingerprint density at radius 1 is 1.57 bits per heavy atom. The van der Waals surface area contributed by atoms with Crippen molar-refractivity contribution < 1.29 is 9.53 Å². The minimum atomic E-state index is -0.0117. The van der Waals surface area contributed by atoms with Crippen LogP contribution in [0.25, 0.3) is 0 Å². The molecule has 0 saturated heterocycles. The van der Waals surface area contributed by atoms with Gasteiger partial charge in [0.2, 0.25) is 0 Å². The zero-order valence-electron chi connectivity index (χ0n) is 8.29. The molecule has 2 nitrogen and oxygen atoms in total. The second kappa shape index (κ2) is 5.01. The molecule has 0 radical (unpaired) electrons. The Bertz CT molecular complexity index is 323. The molecule has 1 atom stereocenters. The zero-order chi connectivity index (χ0) is 10.6. The van der Waals surface area contributed by atoms with Gasteiger partial charge in [-0.05, 0) is 30.2 Å². The Balaban J connectivity index is 2.92. The van der Waals surface area contributed by atoms with E-state index in [1.165, 1.54) is 0 Å². The largest absolute Gasteiger partial charge is 0.496 e. The van der Waals surface area contributed by atoms with Crippen molar-refractivity contribution in [3.63, 3.8) is 0 Å². The average Bonchev–Trinajstić information content (AvgIpc) is 2.18. The van der Waals surface area contributed by atoms with E-state index in [0.717, 1.165) is 17.6 Å². The van der Waals surface area contributed by atoms with Crippen molar-refractivity contribution >= 4 is 17.9 Å². The summed E-state index contributed by atoms with van der Waals surface area (Å²) in [5, 5.41) is 0.666. The molecule has 0 fully saturated rings. The van der Waals surface area contributed by atoms with E-state index >= 15 is 0 Å². The summed E-state index contributed by atoms with van der Waals surface area (Å²) in [5.74, 6) is 0.769. The molecule has 3 heteroatoms. The van der Waals surface area contributed by atoms with Gasteiger partial charge in [-0.3, -0.25) is 0 Å². The van der Waals surface area contributed by atoms with E-state index in [1.807, 2.05) is 19.1 Å². The van der Waals surface area contributed by atoms with Crippen LogP contribution < -0.4 is 4.74 Å². The van der Waals surface area contributed by atoms with Gasteiger partial charge in [-0.25, -0.2) is 0 Å². The molecule has 76 valence electrons. The lowest BCUT2D eigenvalue weighted by Gasteiger charge is -2.09. The number of benzene rings is 1. The molecule has 1 rings (SSSR count). The van der Waals surface area contributed by atoms with Crippen molar-refractivity contribution in [2.45, 2.75) is 13.3 Å². The number of carbonyl (C=O) groups excluding carboxylic acids is 1. The summed E-state index contributed by atoms with van der Waals surface area (Å²) in [6, 6.07) is 5.42. The van der Waals surface area contributed by atoms with E-state index in [9.17, 15) is 4.79 Å². The normalized spacial score (nSPS) is 12.2. The molecule has 0 heterocycles. The van der Waals surface area contributed by atoms with Crippen molar-refractivity contribution in [1.82, 2.24) is 0 Å². The molecule has 0 aliphatic carbocycles. The lowest BCUT2D eigenvalue weighted by atomic mass is 10.0. The lowest BCUT2D eigenvalue weighted by molar-refractivity contribution is -0.110. The number of aldehydes is 1. The summed E-state index contributed by atoms with van der Waals surface area (Å²) in [6.07, 6.45) is 1.59. The molecule has 0 amide bonds. The predicted molar refractivity (Wildman–Crippen MR) is 56.9 cm³/mol. The number of carbonyl (C=O) groups is 1. The first-order valence-electron chi connectivity index (χ1n) is 4.45. The van der Waals surface area contributed by atoms with Crippen LogP contribution in [0.15, 0.2) is 18.2 Å². The van der Waals surface area contributed by atoms with E-state index in [0.29, 0.717) is 11.4 Å². The van der Waals surface area contributed by atoms with E-state index in [4.69, 9.17) is 16.3 Å². The highest BCUT2D eigenvalue weighted by Gasteiger charge is 2.07. The van der Waals surface area contributed by atoms with E-state index in [1.54, 1.807) is 13.2 Å². The van der Waals surface area contributed by atoms with E-state index in [2.05, 4.69) is 0 Å². The smallest absolute Gasteiger partial charge is 0.123 e. The standard InChI is InChI=1S/C11H13ClO2/c1-8(7-13)5-9-6-10(12)3-4-11(9)14-2/h3-4,6-8H,5H2,1-2H3. The summed E-state index contributed by atoms with van der Waals surface area (Å²) in [6.45, 7) is 1.87. The van der Waals surface area contributed by atoms with Gasteiger partial charge >= 0.3 is 0 Å². The fourth-order valence-corrected chi connectivity index (χ4v) is 1.50.